The van der Waals surface area contributed by atoms with Crippen LogP contribution >= 0.6 is 15.9 Å². The number of nitrogens with one attached hydrogen (secondary N) is 2. The monoisotopic (exact) mass is 298 g/mol. The van der Waals surface area contributed by atoms with E-state index in [0.29, 0.717) is 10.2 Å². The standard InChI is InChI=1S/C12H15BrN2O2/c13-9-2-1-3-10(12(9)17)15-11(16)7-14-6-8-4-5-8/h1-3,8,14,17H,4-7H2,(H,15,16). The molecule has 0 aliphatic heterocycles. The normalized spacial score (nSPS) is 14.6. The topological polar surface area (TPSA) is 61.4 Å². The highest BCUT2D eigenvalue weighted by molar-refractivity contribution is 9.10. The zero-order valence-electron chi connectivity index (χ0n) is 9.37. The molecule has 1 aromatic rings. The predicted molar refractivity (Wildman–Crippen MR) is 70.0 cm³/mol. The van der Waals surface area contributed by atoms with Gasteiger partial charge in [-0.25, -0.2) is 0 Å². The smallest absolute Gasteiger partial charge is 0.238 e. The van der Waals surface area contributed by atoms with Gasteiger partial charge in [-0.05, 0) is 53.4 Å². The van der Waals surface area contributed by atoms with Crippen molar-refractivity contribution in [3.8, 4) is 5.75 Å². The number of phenols is 1. The second-order valence-electron chi connectivity index (χ2n) is 4.26. The van der Waals surface area contributed by atoms with Gasteiger partial charge in [0.2, 0.25) is 5.91 Å². The molecule has 0 atom stereocenters. The number of amides is 1. The van der Waals surface area contributed by atoms with Crippen molar-refractivity contribution in [1.82, 2.24) is 5.32 Å². The first-order valence-corrected chi connectivity index (χ1v) is 6.44. The molecule has 17 heavy (non-hydrogen) atoms. The molecule has 0 spiro atoms. The summed E-state index contributed by atoms with van der Waals surface area (Å²) in [5.41, 5.74) is 0.428. The number of hydrogen-bond acceptors (Lipinski definition) is 3. The van der Waals surface area contributed by atoms with Crippen LogP contribution in [0.2, 0.25) is 0 Å². The van der Waals surface area contributed by atoms with Crippen molar-refractivity contribution in [3.05, 3.63) is 22.7 Å². The number of phenolic OH excluding ortho intramolecular Hbond substituents is 1. The minimum absolute atomic E-state index is 0.0584. The van der Waals surface area contributed by atoms with Crippen LogP contribution in [0.5, 0.6) is 5.75 Å². The largest absolute Gasteiger partial charge is 0.505 e. The summed E-state index contributed by atoms with van der Waals surface area (Å²) in [6.45, 7) is 1.18. The molecule has 1 fully saturated rings. The number of aromatic hydroxyl groups is 1. The van der Waals surface area contributed by atoms with Gasteiger partial charge in [-0.15, -0.1) is 0 Å². The zero-order chi connectivity index (χ0) is 12.3. The van der Waals surface area contributed by atoms with Gasteiger partial charge in [-0.1, -0.05) is 6.07 Å². The van der Waals surface area contributed by atoms with E-state index in [4.69, 9.17) is 0 Å². The van der Waals surface area contributed by atoms with Gasteiger partial charge in [-0.3, -0.25) is 4.79 Å². The number of hydrogen-bond donors (Lipinski definition) is 3. The molecule has 4 nitrogen and oxygen atoms in total. The van der Waals surface area contributed by atoms with Crippen LogP contribution in [0.1, 0.15) is 12.8 Å². The maximum absolute atomic E-state index is 11.6. The Morgan fingerprint density at radius 3 is 2.94 bits per heavy atom. The Morgan fingerprint density at radius 1 is 1.47 bits per heavy atom. The van der Waals surface area contributed by atoms with Crippen molar-refractivity contribution in [3.63, 3.8) is 0 Å². The van der Waals surface area contributed by atoms with E-state index in [9.17, 15) is 9.90 Å². The first kappa shape index (κ1) is 12.4. The SMILES string of the molecule is O=C(CNCC1CC1)Nc1cccc(Br)c1O. The molecule has 0 unspecified atom stereocenters. The summed E-state index contributed by atoms with van der Waals surface area (Å²) < 4.78 is 0.571. The van der Waals surface area contributed by atoms with E-state index < -0.39 is 0 Å². The fourth-order valence-electron chi connectivity index (χ4n) is 1.52. The second-order valence-corrected chi connectivity index (χ2v) is 5.11. The summed E-state index contributed by atoms with van der Waals surface area (Å²) in [6.07, 6.45) is 2.53. The highest BCUT2D eigenvalue weighted by atomic mass is 79.9. The molecule has 1 amide bonds. The van der Waals surface area contributed by atoms with Gasteiger partial charge in [-0.2, -0.15) is 0 Å². The average molecular weight is 299 g/mol. The summed E-state index contributed by atoms with van der Waals surface area (Å²) in [7, 11) is 0. The molecule has 0 aromatic heterocycles. The summed E-state index contributed by atoms with van der Waals surface area (Å²) in [4.78, 5) is 11.6. The van der Waals surface area contributed by atoms with E-state index in [1.54, 1.807) is 18.2 Å². The fourth-order valence-corrected chi connectivity index (χ4v) is 1.89. The van der Waals surface area contributed by atoms with E-state index in [0.717, 1.165) is 12.5 Å². The molecule has 3 N–H and O–H groups in total. The van der Waals surface area contributed by atoms with Gasteiger partial charge < -0.3 is 15.7 Å². The number of anilines is 1. The minimum Gasteiger partial charge on any atom is -0.505 e. The Morgan fingerprint density at radius 2 is 2.24 bits per heavy atom. The predicted octanol–water partition coefficient (Wildman–Crippen LogP) is 2.09. The summed E-state index contributed by atoms with van der Waals surface area (Å²) in [6, 6.07) is 5.15. The van der Waals surface area contributed by atoms with Gasteiger partial charge in [0.05, 0.1) is 16.7 Å². The first-order chi connectivity index (χ1) is 8.16. The van der Waals surface area contributed by atoms with Crippen molar-refractivity contribution < 1.29 is 9.90 Å². The van der Waals surface area contributed by atoms with E-state index >= 15 is 0 Å². The van der Waals surface area contributed by atoms with E-state index in [-0.39, 0.29) is 18.2 Å². The molecule has 92 valence electrons. The maximum atomic E-state index is 11.6. The number of benzene rings is 1. The lowest BCUT2D eigenvalue weighted by atomic mass is 10.3. The lowest BCUT2D eigenvalue weighted by molar-refractivity contribution is -0.115. The Labute approximate surface area is 109 Å². The summed E-state index contributed by atoms with van der Waals surface area (Å²) >= 11 is 3.20. The molecule has 5 heteroatoms. The van der Waals surface area contributed by atoms with Crippen molar-refractivity contribution in [2.45, 2.75) is 12.8 Å². The third kappa shape index (κ3) is 3.71. The number of carbonyl (C=O) groups excluding carboxylic acids is 1. The Hall–Kier alpha value is -1.07. The quantitative estimate of drug-likeness (QED) is 0.730. The maximum Gasteiger partial charge on any atom is 0.238 e. The van der Waals surface area contributed by atoms with Crippen LogP contribution in [0.15, 0.2) is 22.7 Å². The zero-order valence-corrected chi connectivity index (χ0v) is 11.0. The van der Waals surface area contributed by atoms with Crippen molar-refractivity contribution in [2.24, 2.45) is 5.92 Å². The third-order valence-corrected chi connectivity index (χ3v) is 3.32. The van der Waals surface area contributed by atoms with Crippen molar-refractivity contribution >= 4 is 27.5 Å². The number of carbonyl (C=O) groups is 1. The lowest BCUT2D eigenvalue weighted by Gasteiger charge is -2.08. The van der Waals surface area contributed by atoms with Crippen molar-refractivity contribution in [2.75, 3.05) is 18.4 Å². The number of para-hydroxylation sites is 1. The van der Waals surface area contributed by atoms with Gasteiger partial charge in [0.15, 0.2) is 5.75 Å². The Balaban J connectivity index is 1.82. The van der Waals surface area contributed by atoms with E-state index in [1.807, 2.05) is 0 Å². The minimum atomic E-state index is -0.140. The molecule has 1 saturated carbocycles. The first-order valence-electron chi connectivity index (χ1n) is 5.65. The van der Waals surface area contributed by atoms with Gasteiger partial charge in [0, 0.05) is 0 Å². The molecule has 0 bridgehead atoms. The van der Waals surface area contributed by atoms with Gasteiger partial charge in [0.1, 0.15) is 0 Å². The van der Waals surface area contributed by atoms with Crippen LogP contribution in [-0.4, -0.2) is 24.1 Å². The second kappa shape index (κ2) is 5.51. The van der Waals surface area contributed by atoms with Gasteiger partial charge >= 0.3 is 0 Å². The van der Waals surface area contributed by atoms with Crippen molar-refractivity contribution in [1.29, 1.82) is 0 Å². The summed E-state index contributed by atoms with van der Waals surface area (Å²) in [5, 5.41) is 15.4. The highest BCUT2D eigenvalue weighted by Gasteiger charge is 2.20. The molecule has 1 aliphatic carbocycles. The number of halogens is 1. The molecular formula is C12H15BrN2O2. The van der Waals surface area contributed by atoms with Crippen LogP contribution in [-0.2, 0) is 4.79 Å². The van der Waals surface area contributed by atoms with Crippen LogP contribution in [0, 0.1) is 5.92 Å². The third-order valence-electron chi connectivity index (χ3n) is 2.68. The van der Waals surface area contributed by atoms with Gasteiger partial charge in [0.25, 0.3) is 0 Å². The number of rotatable bonds is 5. The summed E-state index contributed by atoms with van der Waals surface area (Å²) in [5.74, 6) is 0.671. The van der Waals surface area contributed by atoms with E-state index in [2.05, 4.69) is 26.6 Å². The lowest BCUT2D eigenvalue weighted by Crippen LogP contribution is -2.29. The Bertz CT molecular complexity index is 419. The highest BCUT2D eigenvalue weighted by Crippen LogP contribution is 2.31. The Kier molecular flexibility index (Phi) is 4.02. The van der Waals surface area contributed by atoms with Crippen LogP contribution in [0.25, 0.3) is 0 Å². The van der Waals surface area contributed by atoms with E-state index in [1.165, 1.54) is 12.8 Å². The molecule has 1 aliphatic rings. The average Bonchev–Trinajstić information content (AvgIpc) is 3.09. The molecule has 0 radical (unpaired) electrons. The molecule has 0 heterocycles. The fraction of sp³-hybridized carbons (Fsp3) is 0.417. The molecule has 1 aromatic carbocycles. The van der Waals surface area contributed by atoms with Crippen LogP contribution in [0.3, 0.4) is 0 Å². The molecule has 0 saturated heterocycles. The van der Waals surface area contributed by atoms with Crippen LogP contribution in [0.4, 0.5) is 5.69 Å². The van der Waals surface area contributed by atoms with Crippen LogP contribution < -0.4 is 10.6 Å². The molecule has 2 rings (SSSR count). The molecular weight excluding hydrogens is 284 g/mol.